The lowest BCUT2D eigenvalue weighted by Gasteiger charge is -2.16. The van der Waals surface area contributed by atoms with Crippen molar-refractivity contribution in [1.29, 1.82) is 0 Å². The Kier molecular flexibility index (Phi) is 3.69. The predicted molar refractivity (Wildman–Crippen MR) is 77.1 cm³/mol. The molecule has 0 radical (unpaired) electrons. The molecule has 3 N–H and O–H groups in total. The van der Waals surface area contributed by atoms with Gasteiger partial charge < -0.3 is 15.8 Å². The van der Waals surface area contributed by atoms with Crippen LogP contribution in [0, 0.1) is 5.41 Å². The molecule has 3 nitrogen and oxygen atoms in total. The standard InChI is InChI=1S/C15H24N2O/c1-4-15(5-6-15)10-17-13-7-12(16)8-14(9-13)18-11(2)3/h7-9,11,17H,4-6,10,16H2,1-3H3. The van der Waals surface area contributed by atoms with Crippen LogP contribution in [0.4, 0.5) is 11.4 Å². The molecule has 1 fully saturated rings. The maximum absolute atomic E-state index is 5.90. The average molecular weight is 248 g/mol. The van der Waals surface area contributed by atoms with E-state index < -0.39 is 0 Å². The Balaban J connectivity index is 2.01. The van der Waals surface area contributed by atoms with E-state index in [0.717, 1.165) is 23.7 Å². The summed E-state index contributed by atoms with van der Waals surface area (Å²) in [4.78, 5) is 0. The van der Waals surface area contributed by atoms with E-state index in [1.807, 2.05) is 32.0 Å². The number of nitrogen functional groups attached to an aromatic ring is 1. The van der Waals surface area contributed by atoms with Crippen molar-refractivity contribution in [2.75, 3.05) is 17.6 Å². The predicted octanol–water partition coefficient (Wildman–Crippen LogP) is 3.66. The second-order valence-electron chi connectivity index (χ2n) is 5.66. The Morgan fingerprint density at radius 2 is 2.06 bits per heavy atom. The SMILES string of the molecule is CCC1(CNc2cc(N)cc(OC(C)C)c2)CC1. The highest BCUT2D eigenvalue weighted by Crippen LogP contribution is 2.48. The zero-order valence-electron chi connectivity index (χ0n) is 11.6. The van der Waals surface area contributed by atoms with E-state index in [2.05, 4.69) is 12.2 Å². The molecule has 1 aromatic carbocycles. The zero-order valence-corrected chi connectivity index (χ0v) is 11.6. The molecule has 18 heavy (non-hydrogen) atoms. The van der Waals surface area contributed by atoms with Crippen LogP contribution in [0.1, 0.15) is 40.0 Å². The molecule has 0 aliphatic heterocycles. The number of benzene rings is 1. The second-order valence-corrected chi connectivity index (χ2v) is 5.66. The van der Waals surface area contributed by atoms with Gasteiger partial charge in [-0.15, -0.1) is 0 Å². The molecule has 0 atom stereocenters. The van der Waals surface area contributed by atoms with E-state index in [1.54, 1.807) is 0 Å². The highest BCUT2D eigenvalue weighted by Gasteiger charge is 2.40. The number of nitrogens with one attached hydrogen (secondary N) is 1. The number of ether oxygens (including phenoxy) is 1. The van der Waals surface area contributed by atoms with Crippen molar-refractivity contribution >= 4 is 11.4 Å². The fourth-order valence-electron chi connectivity index (χ4n) is 2.19. The van der Waals surface area contributed by atoms with Gasteiger partial charge in [-0.25, -0.2) is 0 Å². The Morgan fingerprint density at radius 1 is 1.33 bits per heavy atom. The average Bonchev–Trinajstić information content (AvgIpc) is 3.05. The first kappa shape index (κ1) is 13.1. The first-order chi connectivity index (χ1) is 8.53. The summed E-state index contributed by atoms with van der Waals surface area (Å²) in [6.07, 6.45) is 4.10. The second kappa shape index (κ2) is 5.09. The van der Waals surface area contributed by atoms with Crippen molar-refractivity contribution in [1.82, 2.24) is 0 Å². The van der Waals surface area contributed by atoms with Gasteiger partial charge in [-0.3, -0.25) is 0 Å². The summed E-state index contributed by atoms with van der Waals surface area (Å²) in [5, 5.41) is 3.49. The van der Waals surface area contributed by atoms with Crippen molar-refractivity contribution in [3.63, 3.8) is 0 Å². The van der Waals surface area contributed by atoms with E-state index in [4.69, 9.17) is 10.5 Å². The van der Waals surface area contributed by atoms with Gasteiger partial charge in [0, 0.05) is 30.1 Å². The van der Waals surface area contributed by atoms with Crippen LogP contribution in [0.2, 0.25) is 0 Å². The molecule has 0 amide bonds. The van der Waals surface area contributed by atoms with E-state index in [1.165, 1.54) is 19.3 Å². The maximum atomic E-state index is 5.90. The number of rotatable bonds is 6. The molecule has 2 rings (SSSR count). The van der Waals surface area contributed by atoms with Gasteiger partial charge in [0.15, 0.2) is 0 Å². The summed E-state index contributed by atoms with van der Waals surface area (Å²) in [7, 11) is 0. The van der Waals surface area contributed by atoms with Gasteiger partial charge in [-0.2, -0.15) is 0 Å². The van der Waals surface area contributed by atoms with Crippen molar-refractivity contribution in [2.45, 2.75) is 46.1 Å². The lowest BCUT2D eigenvalue weighted by Crippen LogP contribution is -2.14. The van der Waals surface area contributed by atoms with Crippen molar-refractivity contribution < 1.29 is 4.74 Å². The summed E-state index contributed by atoms with van der Waals surface area (Å²) < 4.78 is 5.69. The molecule has 1 saturated carbocycles. The van der Waals surface area contributed by atoms with Crippen LogP contribution in [0.25, 0.3) is 0 Å². The van der Waals surface area contributed by atoms with Crippen LogP contribution < -0.4 is 15.8 Å². The molecule has 0 unspecified atom stereocenters. The summed E-state index contributed by atoms with van der Waals surface area (Å²) in [6, 6.07) is 5.87. The molecule has 0 saturated heterocycles. The van der Waals surface area contributed by atoms with Gasteiger partial charge >= 0.3 is 0 Å². The van der Waals surface area contributed by atoms with Gasteiger partial charge in [-0.1, -0.05) is 6.92 Å². The Bertz CT molecular complexity index is 411. The van der Waals surface area contributed by atoms with E-state index in [9.17, 15) is 0 Å². The van der Waals surface area contributed by atoms with Gasteiger partial charge in [0.05, 0.1) is 6.10 Å². The van der Waals surface area contributed by atoms with Gasteiger partial charge in [0.25, 0.3) is 0 Å². The molecule has 3 heteroatoms. The third kappa shape index (κ3) is 3.31. The van der Waals surface area contributed by atoms with Crippen LogP contribution in [-0.2, 0) is 0 Å². The first-order valence-corrected chi connectivity index (χ1v) is 6.84. The lowest BCUT2D eigenvalue weighted by molar-refractivity contribution is 0.242. The molecule has 1 aliphatic carbocycles. The number of nitrogens with two attached hydrogens (primary N) is 1. The summed E-state index contributed by atoms with van der Waals surface area (Å²) in [5.74, 6) is 0.842. The Hall–Kier alpha value is -1.38. The van der Waals surface area contributed by atoms with Crippen LogP contribution in [0.5, 0.6) is 5.75 Å². The zero-order chi connectivity index (χ0) is 13.2. The van der Waals surface area contributed by atoms with Crippen LogP contribution in [0.15, 0.2) is 18.2 Å². The number of anilines is 2. The third-order valence-electron chi connectivity index (χ3n) is 3.68. The molecule has 0 heterocycles. The largest absolute Gasteiger partial charge is 0.491 e. The molecule has 0 bridgehead atoms. The summed E-state index contributed by atoms with van der Waals surface area (Å²) in [6.45, 7) is 7.34. The third-order valence-corrected chi connectivity index (χ3v) is 3.68. The van der Waals surface area contributed by atoms with E-state index in [-0.39, 0.29) is 6.10 Å². The molecule has 0 aromatic heterocycles. The van der Waals surface area contributed by atoms with Crippen LogP contribution in [-0.4, -0.2) is 12.6 Å². The highest BCUT2D eigenvalue weighted by atomic mass is 16.5. The molecular weight excluding hydrogens is 224 g/mol. The Morgan fingerprint density at radius 3 is 2.61 bits per heavy atom. The van der Waals surface area contributed by atoms with Crippen LogP contribution >= 0.6 is 0 Å². The Labute approximate surface area is 110 Å². The molecule has 100 valence electrons. The summed E-state index contributed by atoms with van der Waals surface area (Å²) >= 11 is 0. The minimum absolute atomic E-state index is 0.171. The van der Waals surface area contributed by atoms with Gasteiger partial charge in [0.1, 0.15) is 5.75 Å². The first-order valence-electron chi connectivity index (χ1n) is 6.84. The van der Waals surface area contributed by atoms with Crippen molar-refractivity contribution in [2.24, 2.45) is 5.41 Å². The number of hydrogen-bond donors (Lipinski definition) is 2. The lowest BCUT2D eigenvalue weighted by atomic mass is 10.0. The monoisotopic (exact) mass is 248 g/mol. The minimum atomic E-state index is 0.171. The van der Waals surface area contributed by atoms with E-state index in [0.29, 0.717) is 5.41 Å². The molecular formula is C15H24N2O. The van der Waals surface area contributed by atoms with Crippen molar-refractivity contribution in [3.8, 4) is 5.75 Å². The molecule has 0 spiro atoms. The fourth-order valence-corrected chi connectivity index (χ4v) is 2.19. The molecule has 1 aliphatic rings. The number of hydrogen-bond acceptors (Lipinski definition) is 3. The van der Waals surface area contributed by atoms with Gasteiger partial charge in [-0.05, 0) is 44.6 Å². The van der Waals surface area contributed by atoms with Crippen LogP contribution in [0.3, 0.4) is 0 Å². The minimum Gasteiger partial charge on any atom is -0.491 e. The smallest absolute Gasteiger partial charge is 0.123 e. The van der Waals surface area contributed by atoms with Gasteiger partial charge in [0.2, 0.25) is 0 Å². The summed E-state index contributed by atoms with van der Waals surface area (Å²) in [5.41, 5.74) is 8.24. The normalized spacial score (nSPS) is 16.7. The highest BCUT2D eigenvalue weighted by molar-refractivity contribution is 5.59. The van der Waals surface area contributed by atoms with Crippen molar-refractivity contribution in [3.05, 3.63) is 18.2 Å². The topological polar surface area (TPSA) is 47.3 Å². The quantitative estimate of drug-likeness (QED) is 0.755. The maximum Gasteiger partial charge on any atom is 0.123 e. The molecule has 1 aromatic rings. The fraction of sp³-hybridized carbons (Fsp3) is 0.600. The van der Waals surface area contributed by atoms with E-state index >= 15 is 0 Å².